The molecule has 1 rings (SSSR count). The average Bonchev–Trinajstić information content (AvgIpc) is 2.17. The van der Waals surface area contributed by atoms with Gasteiger partial charge in [-0.25, -0.2) is 0 Å². The van der Waals surface area contributed by atoms with Crippen LogP contribution < -0.4 is 0 Å². The molecule has 1 fully saturated rings. The van der Waals surface area contributed by atoms with Crippen LogP contribution in [0.3, 0.4) is 0 Å². The summed E-state index contributed by atoms with van der Waals surface area (Å²) in [5.41, 5.74) is 0. The molecule has 5 atom stereocenters. The Bertz CT molecular complexity index is 136. The van der Waals surface area contributed by atoms with Crippen LogP contribution in [0.15, 0.2) is 0 Å². The zero-order chi connectivity index (χ0) is 8.59. The van der Waals surface area contributed by atoms with E-state index in [1.54, 1.807) is 6.92 Å². The molecule has 4 nitrogen and oxygen atoms in total. The van der Waals surface area contributed by atoms with Crippen LogP contribution in [-0.4, -0.2) is 45.8 Å². The second-order valence-electron chi connectivity index (χ2n) is 3.03. The zero-order valence-electron chi connectivity index (χ0n) is 6.64. The smallest absolute Gasteiger partial charge is 0.112 e. The van der Waals surface area contributed by atoms with Gasteiger partial charge in [0.15, 0.2) is 0 Å². The van der Waals surface area contributed by atoms with Gasteiger partial charge < -0.3 is 20.1 Å². The van der Waals surface area contributed by atoms with Crippen LogP contribution in [-0.2, 0) is 4.74 Å². The molecule has 3 N–H and O–H groups in total. The molecular formula is C7H14O4. The molecule has 0 amide bonds. The van der Waals surface area contributed by atoms with Crippen molar-refractivity contribution in [1.29, 1.82) is 0 Å². The summed E-state index contributed by atoms with van der Waals surface area (Å²) >= 11 is 0. The number of aliphatic hydroxyl groups is 3. The van der Waals surface area contributed by atoms with E-state index >= 15 is 0 Å². The van der Waals surface area contributed by atoms with Gasteiger partial charge in [-0.3, -0.25) is 0 Å². The molecule has 0 spiro atoms. The van der Waals surface area contributed by atoms with Crippen LogP contribution in [0.25, 0.3) is 0 Å². The molecule has 66 valence electrons. The Morgan fingerprint density at radius 1 is 1.27 bits per heavy atom. The van der Waals surface area contributed by atoms with E-state index in [9.17, 15) is 10.2 Å². The molecule has 1 aliphatic heterocycles. The maximum Gasteiger partial charge on any atom is 0.112 e. The third kappa shape index (κ3) is 1.54. The van der Waals surface area contributed by atoms with Gasteiger partial charge in [0.2, 0.25) is 0 Å². The van der Waals surface area contributed by atoms with Crippen molar-refractivity contribution in [3.05, 3.63) is 0 Å². The topological polar surface area (TPSA) is 69.9 Å². The lowest BCUT2D eigenvalue weighted by Crippen LogP contribution is -2.37. The molecule has 0 aromatic carbocycles. The van der Waals surface area contributed by atoms with Gasteiger partial charge in [-0.2, -0.15) is 0 Å². The van der Waals surface area contributed by atoms with E-state index in [0.717, 1.165) is 0 Å². The zero-order valence-corrected chi connectivity index (χ0v) is 6.64. The summed E-state index contributed by atoms with van der Waals surface area (Å²) in [6.45, 7) is 3.19. The molecule has 1 saturated heterocycles. The van der Waals surface area contributed by atoms with Gasteiger partial charge in [0.1, 0.15) is 18.3 Å². The van der Waals surface area contributed by atoms with Crippen molar-refractivity contribution in [3.63, 3.8) is 0 Å². The molecule has 0 saturated carbocycles. The van der Waals surface area contributed by atoms with Crippen LogP contribution in [0.5, 0.6) is 0 Å². The maximum atomic E-state index is 9.26. The highest BCUT2D eigenvalue weighted by molar-refractivity contribution is 4.90. The predicted octanol–water partition coefficient (Wildman–Crippen LogP) is -1.12. The molecule has 0 aliphatic carbocycles. The molecule has 0 bridgehead atoms. The fourth-order valence-electron chi connectivity index (χ4n) is 1.28. The van der Waals surface area contributed by atoms with E-state index in [-0.39, 0.29) is 0 Å². The lowest BCUT2D eigenvalue weighted by molar-refractivity contribution is -0.0546. The van der Waals surface area contributed by atoms with Gasteiger partial charge in [-0.15, -0.1) is 0 Å². The SMILES string of the molecule is C[C@H](O)[C@@H]1O[C@@H](C)[C@H](O)[C@@H]1O. The molecule has 1 aliphatic rings. The Hall–Kier alpha value is -0.160. The van der Waals surface area contributed by atoms with Crippen molar-refractivity contribution < 1.29 is 20.1 Å². The van der Waals surface area contributed by atoms with Crippen LogP contribution >= 0.6 is 0 Å². The summed E-state index contributed by atoms with van der Waals surface area (Å²) in [7, 11) is 0. The summed E-state index contributed by atoms with van der Waals surface area (Å²) in [5, 5.41) is 27.5. The van der Waals surface area contributed by atoms with E-state index in [4.69, 9.17) is 9.84 Å². The van der Waals surface area contributed by atoms with E-state index < -0.39 is 30.5 Å². The van der Waals surface area contributed by atoms with Crippen LogP contribution in [0.1, 0.15) is 13.8 Å². The first-order valence-corrected chi connectivity index (χ1v) is 3.73. The summed E-state index contributed by atoms with van der Waals surface area (Å²) in [5.74, 6) is 0. The standard InChI is InChI=1S/C7H14O4/c1-3(8)7-6(10)5(9)4(2)11-7/h3-10H,1-2H3/t3-,4-,5-,6-,7-/m0/s1. The highest BCUT2D eigenvalue weighted by atomic mass is 16.6. The summed E-state index contributed by atoms with van der Waals surface area (Å²) in [4.78, 5) is 0. The quantitative estimate of drug-likeness (QED) is 0.456. The lowest BCUT2D eigenvalue weighted by atomic mass is 10.1. The number of ether oxygens (including phenoxy) is 1. The maximum absolute atomic E-state index is 9.26. The van der Waals surface area contributed by atoms with Crippen LogP contribution in [0.2, 0.25) is 0 Å². The van der Waals surface area contributed by atoms with Gasteiger partial charge in [0.05, 0.1) is 12.2 Å². The van der Waals surface area contributed by atoms with Crippen molar-refractivity contribution in [2.45, 2.75) is 44.4 Å². The average molecular weight is 162 g/mol. The fraction of sp³-hybridized carbons (Fsp3) is 1.00. The van der Waals surface area contributed by atoms with Crippen molar-refractivity contribution in [3.8, 4) is 0 Å². The third-order valence-corrected chi connectivity index (χ3v) is 2.01. The Kier molecular flexibility index (Phi) is 2.49. The second-order valence-corrected chi connectivity index (χ2v) is 3.03. The highest BCUT2D eigenvalue weighted by Gasteiger charge is 2.42. The van der Waals surface area contributed by atoms with Crippen molar-refractivity contribution in [2.24, 2.45) is 0 Å². The van der Waals surface area contributed by atoms with Gasteiger partial charge in [-0.05, 0) is 13.8 Å². The van der Waals surface area contributed by atoms with E-state index in [2.05, 4.69) is 0 Å². The van der Waals surface area contributed by atoms with Crippen LogP contribution in [0.4, 0.5) is 0 Å². The normalized spacial score (nSPS) is 47.7. The second kappa shape index (κ2) is 3.06. The fourth-order valence-corrected chi connectivity index (χ4v) is 1.28. The minimum Gasteiger partial charge on any atom is -0.391 e. The van der Waals surface area contributed by atoms with E-state index in [0.29, 0.717) is 0 Å². The monoisotopic (exact) mass is 162 g/mol. The molecule has 4 heteroatoms. The minimum absolute atomic E-state index is 0.399. The first-order valence-electron chi connectivity index (χ1n) is 3.73. The van der Waals surface area contributed by atoms with Gasteiger partial charge in [0, 0.05) is 0 Å². The molecule has 0 unspecified atom stereocenters. The summed E-state index contributed by atoms with van der Waals surface area (Å²) in [6, 6.07) is 0. The van der Waals surface area contributed by atoms with Crippen molar-refractivity contribution in [2.75, 3.05) is 0 Å². The Morgan fingerprint density at radius 2 is 1.82 bits per heavy atom. The largest absolute Gasteiger partial charge is 0.391 e. The Balaban J connectivity index is 2.59. The number of rotatable bonds is 1. The van der Waals surface area contributed by atoms with E-state index in [1.165, 1.54) is 6.92 Å². The van der Waals surface area contributed by atoms with Gasteiger partial charge >= 0.3 is 0 Å². The molecule has 1 heterocycles. The Labute approximate surface area is 65.4 Å². The molecule has 11 heavy (non-hydrogen) atoms. The minimum atomic E-state index is -0.968. The predicted molar refractivity (Wildman–Crippen MR) is 38.0 cm³/mol. The molecular weight excluding hydrogens is 148 g/mol. The van der Waals surface area contributed by atoms with Crippen molar-refractivity contribution >= 4 is 0 Å². The molecule has 0 aromatic heterocycles. The van der Waals surface area contributed by atoms with E-state index in [1.807, 2.05) is 0 Å². The van der Waals surface area contributed by atoms with Gasteiger partial charge in [0.25, 0.3) is 0 Å². The van der Waals surface area contributed by atoms with Crippen LogP contribution in [0, 0.1) is 0 Å². The number of hydrogen-bond acceptors (Lipinski definition) is 4. The first kappa shape index (κ1) is 8.93. The third-order valence-electron chi connectivity index (χ3n) is 2.01. The van der Waals surface area contributed by atoms with Crippen molar-refractivity contribution in [1.82, 2.24) is 0 Å². The first-order chi connectivity index (χ1) is 5.04. The summed E-state index contributed by atoms with van der Waals surface area (Å²) in [6.07, 6.45) is -3.64. The summed E-state index contributed by atoms with van der Waals surface area (Å²) < 4.78 is 5.10. The highest BCUT2D eigenvalue weighted by Crippen LogP contribution is 2.22. The van der Waals surface area contributed by atoms with Gasteiger partial charge in [-0.1, -0.05) is 0 Å². The lowest BCUT2D eigenvalue weighted by Gasteiger charge is -2.16. The molecule has 0 radical (unpaired) electrons. The number of hydrogen-bond donors (Lipinski definition) is 3. The Morgan fingerprint density at radius 3 is 2.00 bits per heavy atom. The molecule has 0 aromatic rings. The number of aliphatic hydroxyl groups excluding tert-OH is 3.